The summed E-state index contributed by atoms with van der Waals surface area (Å²) in [6.45, 7) is 7.82. The van der Waals surface area contributed by atoms with Crippen LogP contribution in [-0.2, 0) is 4.74 Å². The van der Waals surface area contributed by atoms with Crippen molar-refractivity contribution in [3.8, 4) is 5.75 Å². The summed E-state index contributed by atoms with van der Waals surface area (Å²) >= 11 is 2.02. The standard InChI is InChI=1S/C20H31N2O2S/c1-15(20-21(3)13-14-25-20)22-11-9-19(10-12-22)24-18-7-5-17(6-8-18)16(2)23-4/h5-8,15-16,19H,9-14H2,1-4H3/q+1. The number of ether oxygens (including phenoxy) is 2. The number of hydrogen-bond donors (Lipinski definition) is 0. The van der Waals surface area contributed by atoms with E-state index in [0.717, 1.165) is 31.7 Å². The molecule has 138 valence electrons. The van der Waals surface area contributed by atoms with E-state index in [0.29, 0.717) is 12.1 Å². The van der Waals surface area contributed by atoms with Gasteiger partial charge in [-0.3, -0.25) is 4.90 Å². The van der Waals surface area contributed by atoms with E-state index in [1.165, 1.54) is 22.9 Å². The largest absolute Gasteiger partial charge is 0.490 e. The molecule has 2 aliphatic rings. The topological polar surface area (TPSA) is 24.7 Å². The molecule has 4 nitrogen and oxygen atoms in total. The molecule has 0 aliphatic carbocycles. The van der Waals surface area contributed by atoms with Crippen molar-refractivity contribution in [3.05, 3.63) is 29.8 Å². The van der Waals surface area contributed by atoms with Crippen LogP contribution in [0.3, 0.4) is 0 Å². The second kappa shape index (κ2) is 8.56. The molecule has 1 saturated heterocycles. The van der Waals surface area contributed by atoms with Crippen LogP contribution in [0.4, 0.5) is 0 Å². The van der Waals surface area contributed by atoms with E-state index in [4.69, 9.17) is 9.47 Å². The fraction of sp³-hybridized carbons (Fsp3) is 0.650. The van der Waals surface area contributed by atoms with Gasteiger partial charge in [0.15, 0.2) is 6.54 Å². The van der Waals surface area contributed by atoms with Crippen LogP contribution in [0.1, 0.15) is 38.4 Å². The molecule has 2 heterocycles. The minimum absolute atomic E-state index is 0.128. The molecular formula is C20H31N2O2S+. The Labute approximate surface area is 156 Å². The molecular weight excluding hydrogens is 332 g/mol. The third-order valence-electron chi connectivity index (χ3n) is 5.44. The number of likely N-dealkylation sites (tertiary alicyclic amines) is 1. The summed E-state index contributed by atoms with van der Waals surface area (Å²) < 4.78 is 14.0. The van der Waals surface area contributed by atoms with Crippen LogP contribution in [0.15, 0.2) is 24.3 Å². The molecule has 0 amide bonds. The maximum Gasteiger partial charge on any atom is 0.227 e. The molecule has 2 aliphatic heterocycles. The Hall–Kier alpha value is -1.04. The number of thioether (sulfide) groups is 1. The predicted octanol–water partition coefficient (Wildman–Crippen LogP) is 3.41. The molecule has 1 fully saturated rings. The highest BCUT2D eigenvalue weighted by molar-refractivity contribution is 8.14. The molecule has 5 heteroatoms. The summed E-state index contributed by atoms with van der Waals surface area (Å²) in [5.41, 5.74) is 1.19. The summed E-state index contributed by atoms with van der Waals surface area (Å²) in [5.74, 6) is 2.20. The van der Waals surface area contributed by atoms with Crippen LogP contribution in [0, 0.1) is 0 Å². The smallest absolute Gasteiger partial charge is 0.227 e. The van der Waals surface area contributed by atoms with E-state index in [-0.39, 0.29) is 6.10 Å². The number of nitrogens with zero attached hydrogens (tertiary/aromatic N) is 2. The van der Waals surface area contributed by atoms with E-state index in [1.54, 1.807) is 7.11 Å². The van der Waals surface area contributed by atoms with E-state index in [1.807, 2.05) is 11.8 Å². The van der Waals surface area contributed by atoms with Gasteiger partial charge in [0.05, 0.1) is 17.9 Å². The van der Waals surface area contributed by atoms with Crippen LogP contribution in [0.5, 0.6) is 5.75 Å². The number of rotatable bonds is 6. The first kappa shape index (κ1) is 18.7. The number of hydrogen-bond acceptors (Lipinski definition) is 4. The van der Waals surface area contributed by atoms with Crippen LogP contribution in [0.25, 0.3) is 0 Å². The third kappa shape index (κ3) is 4.57. The van der Waals surface area contributed by atoms with Crippen LogP contribution in [-0.4, -0.2) is 66.2 Å². The zero-order valence-corrected chi connectivity index (χ0v) is 16.7. The van der Waals surface area contributed by atoms with Gasteiger partial charge < -0.3 is 9.47 Å². The quantitative estimate of drug-likeness (QED) is 0.723. The first-order chi connectivity index (χ1) is 12.1. The summed E-state index contributed by atoms with van der Waals surface area (Å²) in [7, 11) is 3.96. The zero-order valence-electron chi connectivity index (χ0n) is 15.9. The fourth-order valence-electron chi connectivity index (χ4n) is 3.63. The Morgan fingerprint density at radius 2 is 1.84 bits per heavy atom. The van der Waals surface area contributed by atoms with E-state index < -0.39 is 0 Å². The summed E-state index contributed by atoms with van der Waals surface area (Å²) in [4.78, 5) is 2.60. The normalized spacial score (nSPS) is 22.2. The molecule has 2 unspecified atom stereocenters. The van der Waals surface area contributed by atoms with Gasteiger partial charge in [0.25, 0.3) is 0 Å². The summed E-state index contributed by atoms with van der Waals surface area (Å²) in [5, 5.41) is 1.53. The fourth-order valence-corrected chi connectivity index (χ4v) is 4.91. The van der Waals surface area contributed by atoms with Gasteiger partial charge in [-0.15, -0.1) is 0 Å². The van der Waals surface area contributed by atoms with Crippen molar-refractivity contribution in [2.75, 3.05) is 39.5 Å². The lowest BCUT2D eigenvalue weighted by molar-refractivity contribution is -0.488. The van der Waals surface area contributed by atoms with Crippen molar-refractivity contribution < 1.29 is 14.0 Å². The molecule has 1 aromatic carbocycles. The Bertz CT molecular complexity index is 594. The van der Waals surface area contributed by atoms with Crippen molar-refractivity contribution >= 4 is 16.8 Å². The van der Waals surface area contributed by atoms with Crippen molar-refractivity contribution in [1.29, 1.82) is 0 Å². The van der Waals surface area contributed by atoms with E-state index in [2.05, 4.69) is 54.6 Å². The van der Waals surface area contributed by atoms with Crippen molar-refractivity contribution in [1.82, 2.24) is 4.90 Å². The second-order valence-corrected chi connectivity index (χ2v) is 8.20. The monoisotopic (exact) mass is 363 g/mol. The summed E-state index contributed by atoms with van der Waals surface area (Å²) in [6.07, 6.45) is 2.65. The first-order valence-corrected chi connectivity index (χ1v) is 10.3. The van der Waals surface area contributed by atoms with Gasteiger partial charge in [0, 0.05) is 20.2 Å². The highest BCUT2D eigenvalue weighted by Crippen LogP contribution is 2.25. The van der Waals surface area contributed by atoms with Crippen LogP contribution in [0.2, 0.25) is 0 Å². The van der Waals surface area contributed by atoms with Gasteiger partial charge in [0.1, 0.15) is 18.9 Å². The van der Waals surface area contributed by atoms with Crippen molar-refractivity contribution in [3.63, 3.8) is 0 Å². The minimum atomic E-state index is 0.128. The molecule has 1 aromatic rings. The number of piperidine rings is 1. The lowest BCUT2D eigenvalue weighted by Gasteiger charge is -2.34. The summed E-state index contributed by atoms with van der Waals surface area (Å²) in [6, 6.07) is 8.88. The lowest BCUT2D eigenvalue weighted by atomic mass is 10.1. The zero-order chi connectivity index (χ0) is 17.8. The highest BCUT2D eigenvalue weighted by Gasteiger charge is 2.32. The van der Waals surface area contributed by atoms with Gasteiger partial charge in [0.2, 0.25) is 5.04 Å². The molecule has 0 aromatic heterocycles. The average Bonchev–Trinajstić information content (AvgIpc) is 3.07. The second-order valence-electron chi connectivity index (χ2n) is 7.08. The molecule has 0 spiro atoms. The maximum absolute atomic E-state index is 6.21. The Morgan fingerprint density at radius 1 is 1.16 bits per heavy atom. The minimum Gasteiger partial charge on any atom is -0.490 e. The van der Waals surface area contributed by atoms with Gasteiger partial charge >= 0.3 is 0 Å². The van der Waals surface area contributed by atoms with Gasteiger partial charge in [-0.25, -0.2) is 4.58 Å². The van der Waals surface area contributed by atoms with Crippen LogP contribution >= 0.6 is 11.8 Å². The molecule has 0 saturated carbocycles. The van der Waals surface area contributed by atoms with Gasteiger partial charge in [-0.2, -0.15) is 0 Å². The highest BCUT2D eigenvalue weighted by atomic mass is 32.2. The van der Waals surface area contributed by atoms with Gasteiger partial charge in [-0.05, 0) is 44.4 Å². The molecule has 3 rings (SSSR count). The third-order valence-corrected chi connectivity index (χ3v) is 6.78. The Kier molecular flexibility index (Phi) is 6.42. The lowest BCUT2D eigenvalue weighted by Crippen LogP contribution is -2.46. The van der Waals surface area contributed by atoms with Crippen molar-refractivity contribution in [2.24, 2.45) is 0 Å². The number of methoxy groups -OCH3 is 1. The molecule has 25 heavy (non-hydrogen) atoms. The molecule has 0 N–H and O–H groups in total. The van der Waals surface area contributed by atoms with E-state index >= 15 is 0 Å². The molecule has 0 radical (unpaired) electrons. The van der Waals surface area contributed by atoms with Crippen molar-refractivity contribution in [2.45, 2.75) is 44.9 Å². The SMILES string of the molecule is COC(C)c1ccc(OC2CCN(C(C)C3=[N+](C)CCS3)CC2)cc1. The molecule has 2 atom stereocenters. The maximum atomic E-state index is 6.21. The molecule has 0 bridgehead atoms. The predicted molar refractivity (Wildman–Crippen MR) is 105 cm³/mol. The first-order valence-electron chi connectivity index (χ1n) is 9.32. The van der Waals surface area contributed by atoms with E-state index in [9.17, 15) is 0 Å². The average molecular weight is 364 g/mol. The van der Waals surface area contributed by atoms with Gasteiger partial charge in [-0.1, -0.05) is 23.9 Å². The van der Waals surface area contributed by atoms with Crippen LogP contribution < -0.4 is 4.74 Å². The Balaban J connectivity index is 1.50. The number of benzene rings is 1. The Morgan fingerprint density at radius 3 is 2.40 bits per heavy atom.